The molecule has 20 heavy (non-hydrogen) atoms. The average Bonchev–Trinajstić information content (AvgIpc) is 2.53. The van der Waals surface area contributed by atoms with Gasteiger partial charge in [-0.05, 0) is 36.4 Å². The van der Waals surface area contributed by atoms with E-state index in [-0.39, 0.29) is 5.84 Å². The molecule has 0 unspecified atom stereocenters. The van der Waals surface area contributed by atoms with E-state index in [1.165, 1.54) is 0 Å². The van der Waals surface area contributed by atoms with Gasteiger partial charge in [-0.25, -0.2) is 4.98 Å². The molecule has 0 fully saturated rings. The van der Waals surface area contributed by atoms with Crippen LogP contribution in [0.5, 0.6) is 5.75 Å². The lowest BCUT2D eigenvalue weighted by Crippen LogP contribution is -2.20. The summed E-state index contributed by atoms with van der Waals surface area (Å²) in [7, 11) is 3.48. The minimum absolute atomic E-state index is 0.0217. The van der Waals surface area contributed by atoms with E-state index < -0.39 is 0 Å². The van der Waals surface area contributed by atoms with Crippen LogP contribution in [0.4, 0.5) is 11.5 Å². The Kier molecular flexibility index (Phi) is 4.05. The molecule has 0 radical (unpaired) electrons. The summed E-state index contributed by atoms with van der Waals surface area (Å²) in [6.45, 7) is 0. The second kappa shape index (κ2) is 5.92. The Labute approximate surface area is 117 Å². The second-order valence-corrected chi connectivity index (χ2v) is 4.12. The smallest absolute Gasteiger partial charge is 0.173 e. The first-order chi connectivity index (χ1) is 9.67. The van der Waals surface area contributed by atoms with Gasteiger partial charge in [0.2, 0.25) is 0 Å². The van der Waals surface area contributed by atoms with Crippen molar-refractivity contribution in [3.8, 4) is 5.75 Å². The molecule has 0 spiro atoms. The van der Waals surface area contributed by atoms with Crippen molar-refractivity contribution in [1.29, 1.82) is 0 Å². The number of hydrogen-bond donors (Lipinski definition) is 2. The van der Waals surface area contributed by atoms with Crippen LogP contribution >= 0.6 is 0 Å². The van der Waals surface area contributed by atoms with Crippen LogP contribution in [0.2, 0.25) is 0 Å². The predicted octanol–water partition coefficient (Wildman–Crippen LogP) is 1.95. The quantitative estimate of drug-likeness (QED) is 0.384. The number of pyridine rings is 1. The van der Waals surface area contributed by atoms with Crippen molar-refractivity contribution in [3.05, 3.63) is 48.2 Å². The van der Waals surface area contributed by atoms with Crippen LogP contribution in [0.3, 0.4) is 0 Å². The molecule has 2 rings (SSSR count). The van der Waals surface area contributed by atoms with Crippen molar-refractivity contribution >= 4 is 17.3 Å². The Bertz CT molecular complexity index is 611. The van der Waals surface area contributed by atoms with E-state index in [1.54, 1.807) is 25.4 Å². The molecule has 0 atom stereocenters. The number of oxime groups is 1. The van der Waals surface area contributed by atoms with E-state index in [4.69, 9.17) is 15.7 Å². The fourth-order valence-electron chi connectivity index (χ4n) is 1.85. The number of benzene rings is 1. The van der Waals surface area contributed by atoms with E-state index >= 15 is 0 Å². The molecule has 3 N–H and O–H groups in total. The van der Waals surface area contributed by atoms with Crippen molar-refractivity contribution in [2.45, 2.75) is 0 Å². The average molecular weight is 272 g/mol. The SMILES string of the molecule is COc1ccc(N(C)c2ncccc2C(N)=NO)cc1. The van der Waals surface area contributed by atoms with Gasteiger partial charge in [0.15, 0.2) is 5.84 Å². The van der Waals surface area contributed by atoms with Gasteiger partial charge in [0.1, 0.15) is 11.6 Å². The Morgan fingerprint density at radius 3 is 2.60 bits per heavy atom. The maximum absolute atomic E-state index is 8.83. The zero-order valence-corrected chi connectivity index (χ0v) is 11.3. The Hall–Kier alpha value is -2.76. The van der Waals surface area contributed by atoms with Gasteiger partial charge in [0, 0.05) is 18.9 Å². The fourth-order valence-corrected chi connectivity index (χ4v) is 1.85. The summed E-state index contributed by atoms with van der Waals surface area (Å²) in [5, 5.41) is 11.9. The zero-order valence-electron chi connectivity index (χ0n) is 11.3. The van der Waals surface area contributed by atoms with Crippen molar-refractivity contribution in [3.63, 3.8) is 0 Å². The molecule has 2 aromatic rings. The minimum Gasteiger partial charge on any atom is -0.497 e. The molecule has 1 aromatic carbocycles. The maximum atomic E-state index is 8.83. The number of rotatable bonds is 4. The Balaban J connectivity index is 2.39. The molecule has 0 amide bonds. The number of nitrogens with two attached hydrogens (primary N) is 1. The molecular formula is C14H16N4O2. The van der Waals surface area contributed by atoms with Gasteiger partial charge in [-0.2, -0.15) is 0 Å². The van der Waals surface area contributed by atoms with Crippen LogP contribution < -0.4 is 15.4 Å². The first kappa shape index (κ1) is 13.7. The number of hydrogen-bond acceptors (Lipinski definition) is 5. The van der Waals surface area contributed by atoms with Crippen molar-refractivity contribution in [2.75, 3.05) is 19.1 Å². The lowest BCUT2D eigenvalue weighted by atomic mass is 10.2. The minimum atomic E-state index is 0.0217. The van der Waals surface area contributed by atoms with Crippen molar-refractivity contribution in [1.82, 2.24) is 4.98 Å². The first-order valence-corrected chi connectivity index (χ1v) is 5.98. The Morgan fingerprint density at radius 1 is 1.30 bits per heavy atom. The molecule has 6 heteroatoms. The van der Waals surface area contributed by atoms with Crippen LogP contribution in [-0.4, -0.2) is 30.2 Å². The molecule has 1 heterocycles. The highest BCUT2D eigenvalue weighted by Gasteiger charge is 2.13. The highest BCUT2D eigenvalue weighted by atomic mass is 16.5. The van der Waals surface area contributed by atoms with E-state index in [1.807, 2.05) is 36.2 Å². The topological polar surface area (TPSA) is 84.0 Å². The standard InChI is InChI=1S/C14H16N4O2/c1-18(10-5-7-11(20-2)8-6-10)14-12(13(15)17-19)4-3-9-16-14/h3-9,19H,1-2H3,(H2,15,17). The van der Waals surface area contributed by atoms with E-state index in [0.717, 1.165) is 11.4 Å². The third-order valence-corrected chi connectivity index (χ3v) is 2.95. The van der Waals surface area contributed by atoms with Crippen LogP contribution in [0, 0.1) is 0 Å². The summed E-state index contributed by atoms with van der Waals surface area (Å²) in [5.74, 6) is 1.40. The Morgan fingerprint density at radius 2 is 2.00 bits per heavy atom. The molecule has 0 aliphatic carbocycles. The third kappa shape index (κ3) is 2.64. The number of ether oxygens (including phenoxy) is 1. The van der Waals surface area contributed by atoms with Gasteiger partial charge in [-0.15, -0.1) is 0 Å². The predicted molar refractivity (Wildman–Crippen MR) is 77.8 cm³/mol. The monoisotopic (exact) mass is 272 g/mol. The molecule has 0 saturated heterocycles. The number of amidine groups is 1. The lowest BCUT2D eigenvalue weighted by molar-refractivity contribution is 0.318. The van der Waals surface area contributed by atoms with Gasteiger partial charge in [-0.1, -0.05) is 5.16 Å². The number of anilines is 2. The van der Waals surface area contributed by atoms with Gasteiger partial charge in [0.05, 0.1) is 12.7 Å². The largest absolute Gasteiger partial charge is 0.497 e. The summed E-state index contributed by atoms with van der Waals surface area (Å²) in [4.78, 5) is 6.14. The molecule has 1 aromatic heterocycles. The molecule has 104 valence electrons. The van der Waals surface area contributed by atoms with E-state index in [9.17, 15) is 0 Å². The summed E-state index contributed by atoms with van der Waals surface area (Å²) in [6, 6.07) is 11.0. The van der Waals surface area contributed by atoms with Gasteiger partial charge in [0.25, 0.3) is 0 Å². The summed E-state index contributed by atoms with van der Waals surface area (Å²) in [5.41, 5.74) is 7.15. The highest BCUT2D eigenvalue weighted by Crippen LogP contribution is 2.26. The van der Waals surface area contributed by atoms with Crippen LogP contribution in [-0.2, 0) is 0 Å². The van der Waals surface area contributed by atoms with Crippen molar-refractivity contribution < 1.29 is 9.94 Å². The van der Waals surface area contributed by atoms with Crippen LogP contribution in [0.1, 0.15) is 5.56 Å². The number of aromatic nitrogens is 1. The van der Waals surface area contributed by atoms with Crippen molar-refractivity contribution in [2.24, 2.45) is 10.9 Å². The van der Waals surface area contributed by atoms with E-state index in [0.29, 0.717) is 11.4 Å². The van der Waals surface area contributed by atoms with Crippen LogP contribution in [0.25, 0.3) is 0 Å². The number of nitrogens with zero attached hydrogens (tertiary/aromatic N) is 3. The van der Waals surface area contributed by atoms with Gasteiger partial charge < -0.3 is 20.6 Å². The molecule has 0 aliphatic rings. The summed E-state index contributed by atoms with van der Waals surface area (Å²) >= 11 is 0. The molecule has 6 nitrogen and oxygen atoms in total. The second-order valence-electron chi connectivity index (χ2n) is 4.12. The molecule has 0 bridgehead atoms. The molecule has 0 aliphatic heterocycles. The highest BCUT2D eigenvalue weighted by molar-refractivity contribution is 6.01. The van der Waals surface area contributed by atoms with Crippen LogP contribution in [0.15, 0.2) is 47.8 Å². The normalized spacial score (nSPS) is 11.2. The maximum Gasteiger partial charge on any atom is 0.173 e. The summed E-state index contributed by atoms with van der Waals surface area (Å²) < 4.78 is 5.13. The fraction of sp³-hybridized carbons (Fsp3) is 0.143. The van der Waals surface area contributed by atoms with E-state index in [2.05, 4.69) is 10.1 Å². The number of methoxy groups -OCH3 is 1. The van der Waals surface area contributed by atoms with Gasteiger partial charge >= 0.3 is 0 Å². The first-order valence-electron chi connectivity index (χ1n) is 5.98. The molecular weight excluding hydrogens is 256 g/mol. The zero-order chi connectivity index (χ0) is 14.5. The van der Waals surface area contributed by atoms with Gasteiger partial charge in [-0.3, -0.25) is 0 Å². The summed E-state index contributed by atoms with van der Waals surface area (Å²) in [6.07, 6.45) is 1.66. The lowest BCUT2D eigenvalue weighted by Gasteiger charge is -2.21. The molecule has 0 saturated carbocycles. The third-order valence-electron chi connectivity index (χ3n) is 2.95.